The van der Waals surface area contributed by atoms with Crippen LogP contribution in [-0.4, -0.2) is 52.2 Å². The summed E-state index contributed by atoms with van der Waals surface area (Å²) < 4.78 is 11.9. The summed E-state index contributed by atoms with van der Waals surface area (Å²) in [5, 5.41) is 17.8. The first-order valence-electron chi connectivity index (χ1n) is 11.2. The number of non-ortho nitro benzene ring substituents is 1. The van der Waals surface area contributed by atoms with Crippen molar-refractivity contribution in [2.45, 2.75) is 19.8 Å². The van der Waals surface area contributed by atoms with Crippen molar-refractivity contribution in [1.82, 2.24) is 9.78 Å². The molecular weight excluding hydrogens is 470 g/mol. The summed E-state index contributed by atoms with van der Waals surface area (Å²) in [5.41, 5.74) is 1.40. The van der Waals surface area contributed by atoms with Gasteiger partial charge in [-0.3, -0.25) is 19.7 Å². The van der Waals surface area contributed by atoms with E-state index in [0.717, 1.165) is 6.42 Å². The lowest BCUT2D eigenvalue weighted by molar-refractivity contribution is -0.384. The Morgan fingerprint density at radius 3 is 2.61 bits per heavy atom. The summed E-state index contributed by atoms with van der Waals surface area (Å²) in [5.74, 6) is -1.17. The van der Waals surface area contributed by atoms with Crippen LogP contribution >= 0.6 is 0 Å². The molecular formula is C24H23N5O7. The Labute approximate surface area is 205 Å². The number of carbonyl (C=O) groups excluding carboxylic acids is 3. The molecule has 12 heteroatoms. The lowest BCUT2D eigenvalue weighted by atomic mass is 10.2. The van der Waals surface area contributed by atoms with Crippen LogP contribution in [0.25, 0.3) is 5.69 Å². The minimum absolute atomic E-state index is 0.0124. The van der Waals surface area contributed by atoms with E-state index in [1.165, 1.54) is 35.1 Å². The normalized spacial score (nSPS) is 12.9. The second kappa shape index (κ2) is 10.7. The van der Waals surface area contributed by atoms with Gasteiger partial charge in [-0.15, -0.1) is 0 Å². The van der Waals surface area contributed by atoms with Gasteiger partial charge >= 0.3 is 5.97 Å². The zero-order chi connectivity index (χ0) is 25.7. The molecule has 0 unspecified atom stereocenters. The van der Waals surface area contributed by atoms with Crippen LogP contribution in [0, 0.1) is 10.1 Å². The molecule has 1 aromatic heterocycles. The van der Waals surface area contributed by atoms with E-state index in [1.54, 1.807) is 36.1 Å². The molecule has 0 radical (unpaired) electrons. The molecule has 3 aromatic rings. The van der Waals surface area contributed by atoms with E-state index in [-0.39, 0.29) is 29.6 Å². The van der Waals surface area contributed by atoms with Crippen molar-refractivity contribution in [1.29, 1.82) is 0 Å². The van der Waals surface area contributed by atoms with Gasteiger partial charge in [-0.1, -0.05) is 6.07 Å². The van der Waals surface area contributed by atoms with E-state index in [2.05, 4.69) is 10.4 Å². The lowest BCUT2D eigenvalue weighted by Crippen LogP contribution is -2.24. The van der Waals surface area contributed by atoms with Gasteiger partial charge in [0, 0.05) is 36.5 Å². The predicted molar refractivity (Wildman–Crippen MR) is 128 cm³/mol. The minimum atomic E-state index is -0.739. The Balaban J connectivity index is 1.47. The quantitative estimate of drug-likeness (QED) is 0.272. The molecule has 2 amide bonds. The van der Waals surface area contributed by atoms with Gasteiger partial charge in [0.1, 0.15) is 0 Å². The topological polar surface area (TPSA) is 146 Å². The van der Waals surface area contributed by atoms with Gasteiger partial charge in [0.2, 0.25) is 11.6 Å². The third-order valence-electron chi connectivity index (χ3n) is 5.35. The maximum atomic E-state index is 12.5. The smallest absolute Gasteiger partial charge is 0.362 e. The molecule has 4 rings (SSSR count). The van der Waals surface area contributed by atoms with Crippen molar-refractivity contribution >= 4 is 34.8 Å². The third kappa shape index (κ3) is 5.49. The fourth-order valence-electron chi connectivity index (χ4n) is 3.68. The molecule has 12 nitrogen and oxygen atoms in total. The van der Waals surface area contributed by atoms with E-state index in [4.69, 9.17) is 9.47 Å². The number of nitrogens with one attached hydrogen (secondary N) is 1. The Kier molecular flexibility index (Phi) is 7.23. The molecule has 1 N–H and O–H groups in total. The maximum Gasteiger partial charge on any atom is 0.362 e. The number of amides is 2. The van der Waals surface area contributed by atoms with Gasteiger partial charge in [-0.2, -0.15) is 5.10 Å². The van der Waals surface area contributed by atoms with Crippen LogP contribution in [0.2, 0.25) is 0 Å². The molecule has 2 heterocycles. The summed E-state index contributed by atoms with van der Waals surface area (Å²) in [6, 6.07) is 12.5. The second-order valence-corrected chi connectivity index (χ2v) is 7.82. The molecule has 1 fully saturated rings. The van der Waals surface area contributed by atoms with Gasteiger partial charge in [0.05, 0.1) is 23.4 Å². The summed E-state index contributed by atoms with van der Waals surface area (Å²) in [6.45, 7) is 1.96. The number of carbonyl (C=O) groups is 3. The fourth-order valence-corrected chi connectivity index (χ4v) is 3.68. The highest BCUT2D eigenvalue weighted by atomic mass is 16.6. The van der Waals surface area contributed by atoms with Crippen molar-refractivity contribution in [3.63, 3.8) is 0 Å². The van der Waals surface area contributed by atoms with Gasteiger partial charge in [0.15, 0.2) is 12.4 Å². The summed E-state index contributed by atoms with van der Waals surface area (Å²) in [7, 11) is 0. The monoisotopic (exact) mass is 493 g/mol. The second-order valence-electron chi connectivity index (χ2n) is 7.82. The molecule has 0 atom stereocenters. The number of nitrogens with zero attached hydrogens (tertiary/aromatic N) is 4. The van der Waals surface area contributed by atoms with Gasteiger partial charge < -0.3 is 19.7 Å². The Bertz CT molecular complexity index is 1300. The molecule has 1 aliphatic heterocycles. The van der Waals surface area contributed by atoms with Gasteiger partial charge in [-0.25, -0.2) is 9.48 Å². The van der Waals surface area contributed by atoms with E-state index in [1.807, 2.05) is 0 Å². The summed E-state index contributed by atoms with van der Waals surface area (Å²) in [6.07, 6.45) is 2.68. The highest BCUT2D eigenvalue weighted by Gasteiger charge is 2.23. The number of nitro benzene ring substituents is 1. The molecule has 0 aliphatic carbocycles. The predicted octanol–water partition coefficient (Wildman–Crippen LogP) is 3.10. The van der Waals surface area contributed by atoms with Crippen molar-refractivity contribution in [3.05, 3.63) is 70.5 Å². The molecule has 1 aliphatic rings. The average molecular weight is 493 g/mol. The molecule has 0 spiro atoms. The van der Waals surface area contributed by atoms with Crippen LogP contribution in [0.15, 0.2) is 54.7 Å². The van der Waals surface area contributed by atoms with Crippen LogP contribution in [0.1, 0.15) is 30.3 Å². The van der Waals surface area contributed by atoms with Crippen LogP contribution in [0.3, 0.4) is 0 Å². The van der Waals surface area contributed by atoms with E-state index < -0.39 is 23.4 Å². The van der Waals surface area contributed by atoms with Crippen molar-refractivity contribution in [2.75, 3.05) is 30.0 Å². The van der Waals surface area contributed by atoms with Crippen LogP contribution < -0.4 is 15.0 Å². The number of rotatable bonds is 9. The first-order chi connectivity index (χ1) is 17.4. The summed E-state index contributed by atoms with van der Waals surface area (Å²) >= 11 is 0. The standard InChI is InChI=1S/C24H23N5O7/c1-2-35-24(32)23-20(14-28(26-23)17-8-10-18(11-9-17)29(33)34)36-15-21(30)25-16-5-3-6-19(13-16)27-12-4-7-22(27)31/h3,5-6,8-11,13-14H,2,4,7,12,15H2,1H3,(H,25,30). The summed E-state index contributed by atoms with van der Waals surface area (Å²) in [4.78, 5) is 49.0. The molecule has 36 heavy (non-hydrogen) atoms. The number of ether oxygens (including phenoxy) is 2. The maximum absolute atomic E-state index is 12.5. The lowest BCUT2D eigenvalue weighted by Gasteiger charge is -2.16. The van der Waals surface area contributed by atoms with Gasteiger partial charge in [-0.05, 0) is 43.7 Å². The SMILES string of the molecule is CCOC(=O)c1nn(-c2ccc([N+](=O)[O-])cc2)cc1OCC(=O)Nc1cccc(N2CCCC2=O)c1. The number of esters is 1. The fraction of sp³-hybridized carbons (Fsp3) is 0.250. The highest BCUT2D eigenvalue weighted by Crippen LogP contribution is 2.25. The van der Waals surface area contributed by atoms with E-state index in [0.29, 0.717) is 30.0 Å². The van der Waals surface area contributed by atoms with E-state index >= 15 is 0 Å². The van der Waals surface area contributed by atoms with Crippen molar-refractivity contribution < 1.29 is 28.8 Å². The number of benzene rings is 2. The average Bonchev–Trinajstić information content (AvgIpc) is 3.49. The third-order valence-corrected chi connectivity index (χ3v) is 5.35. The number of aromatic nitrogens is 2. The van der Waals surface area contributed by atoms with Crippen molar-refractivity contribution in [2.24, 2.45) is 0 Å². The molecule has 186 valence electrons. The Hall–Kier alpha value is -4.74. The number of nitro groups is 1. The minimum Gasteiger partial charge on any atom is -0.480 e. The number of anilines is 2. The number of hydrogen-bond donors (Lipinski definition) is 1. The largest absolute Gasteiger partial charge is 0.480 e. The highest BCUT2D eigenvalue weighted by molar-refractivity contribution is 5.97. The zero-order valence-electron chi connectivity index (χ0n) is 19.4. The first kappa shape index (κ1) is 24.4. The van der Waals surface area contributed by atoms with Gasteiger partial charge in [0.25, 0.3) is 11.6 Å². The Morgan fingerprint density at radius 2 is 1.94 bits per heavy atom. The van der Waals surface area contributed by atoms with E-state index in [9.17, 15) is 24.5 Å². The van der Waals surface area contributed by atoms with Crippen molar-refractivity contribution in [3.8, 4) is 11.4 Å². The van der Waals surface area contributed by atoms with Crippen LogP contribution in [-0.2, 0) is 14.3 Å². The molecule has 2 aromatic carbocycles. The first-order valence-corrected chi connectivity index (χ1v) is 11.2. The molecule has 0 bridgehead atoms. The molecule has 0 saturated carbocycles. The zero-order valence-corrected chi connectivity index (χ0v) is 19.4. The molecule has 1 saturated heterocycles. The number of hydrogen-bond acceptors (Lipinski definition) is 8. The van der Waals surface area contributed by atoms with Crippen LogP contribution in [0.4, 0.5) is 17.1 Å². The van der Waals surface area contributed by atoms with Crippen LogP contribution in [0.5, 0.6) is 5.75 Å². The Morgan fingerprint density at radius 1 is 1.17 bits per heavy atom.